The van der Waals surface area contributed by atoms with Gasteiger partial charge in [-0.3, -0.25) is 4.98 Å². The van der Waals surface area contributed by atoms with Crippen LogP contribution in [-0.4, -0.2) is 34.7 Å². The van der Waals surface area contributed by atoms with E-state index in [0.29, 0.717) is 6.61 Å². The van der Waals surface area contributed by atoms with E-state index in [-0.39, 0.29) is 6.10 Å². The number of ether oxygens (including phenoxy) is 1. The van der Waals surface area contributed by atoms with Crippen molar-refractivity contribution in [2.75, 3.05) is 13.6 Å². The molecule has 1 aromatic heterocycles. The molecule has 1 aromatic carbocycles. The molecule has 118 valence electrons. The fraction of sp³-hybridized carbons (Fsp3) is 0.389. The Morgan fingerprint density at radius 3 is 2.68 bits per heavy atom. The quantitative estimate of drug-likeness (QED) is 0.814. The molecule has 0 radical (unpaired) electrons. The average molecular weight is 300 g/mol. The van der Waals surface area contributed by atoms with Gasteiger partial charge in [-0.05, 0) is 38.6 Å². The summed E-state index contributed by atoms with van der Waals surface area (Å²) < 4.78 is 5.91. The van der Waals surface area contributed by atoms with Crippen LogP contribution in [0.1, 0.15) is 24.6 Å². The lowest BCUT2D eigenvalue weighted by Crippen LogP contribution is -2.22. The van der Waals surface area contributed by atoms with Crippen molar-refractivity contribution in [2.24, 2.45) is 0 Å². The third-order valence-electron chi connectivity index (χ3n) is 3.44. The van der Waals surface area contributed by atoms with Gasteiger partial charge in [-0.25, -0.2) is 0 Å². The molecule has 0 saturated carbocycles. The summed E-state index contributed by atoms with van der Waals surface area (Å²) in [6.07, 6.45) is 2.28. The van der Waals surface area contributed by atoms with Crippen LogP contribution in [0.4, 0.5) is 0 Å². The Kier molecular flexibility index (Phi) is 6.37. The lowest BCUT2D eigenvalue weighted by atomic mass is 10.2. The summed E-state index contributed by atoms with van der Waals surface area (Å²) in [5.41, 5.74) is 2.06. The molecule has 1 heterocycles. The van der Waals surface area contributed by atoms with Gasteiger partial charge in [0, 0.05) is 24.8 Å². The Morgan fingerprint density at radius 1 is 1.18 bits per heavy atom. The second-order valence-electron chi connectivity index (χ2n) is 5.59. The number of aliphatic hydroxyl groups excluding tert-OH is 1. The molecule has 0 amide bonds. The van der Waals surface area contributed by atoms with Crippen LogP contribution in [0, 0.1) is 0 Å². The van der Waals surface area contributed by atoms with E-state index in [1.165, 1.54) is 0 Å². The van der Waals surface area contributed by atoms with Gasteiger partial charge in [0.25, 0.3) is 0 Å². The molecule has 0 saturated heterocycles. The van der Waals surface area contributed by atoms with Crippen LogP contribution in [-0.2, 0) is 13.2 Å². The van der Waals surface area contributed by atoms with Gasteiger partial charge in [0.05, 0.1) is 11.8 Å². The standard InChI is InChI=1S/C18H24N2O2/c1-15(21)10-12-20(2)13-16-7-3-4-9-18(16)22-14-17-8-5-6-11-19-17/h3-9,11,15,21H,10,12-14H2,1-2H3. The Bertz CT molecular complexity index is 558. The molecule has 0 fully saturated rings. The Balaban J connectivity index is 1.94. The number of hydrogen-bond acceptors (Lipinski definition) is 4. The fourth-order valence-electron chi connectivity index (χ4n) is 2.19. The molecular formula is C18H24N2O2. The molecule has 2 rings (SSSR count). The van der Waals surface area contributed by atoms with Crippen LogP contribution in [0.15, 0.2) is 48.7 Å². The van der Waals surface area contributed by atoms with Crippen LogP contribution in [0.3, 0.4) is 0 Å². The number of rotatable bonds is 8. The monoisotopic (exact) mass is 300 g/mol. The van der Waals surface area contributed by atoms with E-state index in [0.717, 1.165) is 36.5 Å². The van der Waals surface area contributed by atoms with Crippen LogP contribution in [0.5, 0.6) is 5.75 Å². The molecule has 0 aliphatic heterocycles. The van der Waals surface area contributed by atoms with E-state index in [9.17, 15) is 5.11 Å². The zero-order chi connectivity index (χ0) is 15.8. The van der Waals surface area contributed by atoms with Crippen LogP contribution < -0.4 is 4.74 Å². The van der Waals surface area contributed by atoms with Crippen molar-refractivity contribution in [3.63, 3.8) is 0 Å². The fourth-order valence-corrected chi connectivity index (χ4v) is 2.19. The van der Waals surface area contributed by atoms with Gasteiger partial charge >= 0.3 is 0 Å². The predicted molar refractivity (Wildman–Crippen MR) is 87.6 cm³/mol. The molecular weight excluding hydrogens is 276 g/mol. The highest BCUT2D eigenvalue weighted by Gasteiger charge is 2.08. The first-order valence-corrected chi connectivity index (χ1v) is 7.62. The van der Waals surface area contributed by atoms with Crippen LogP contribution in [0.25, 0.3) is 0 Å². The molecule has 2 aromatic rings. The highest BCUT2D eigenvalue weighted by molar-refractivity contribution is 5.33. The molecule has 0 bridgehead atoms. The van der Waals surface area contributed by atoms with E-state index in [1.54, 1.807) is 6.20 Å². The van der Waals surface area contributed by atoms with Crippen molar-refractivity contribution in [1.82, 2.24) is 9.88 Å². The van der Waals surface area contributed by atoms with Gasteiger partial charge in [-0.2, -0.15) is 0 Å². The number of para-hydroxylation sites is 1. The summed E-state index contributed by atoms with van der Waals surface area (Å²) in [5, 5.41) is 9.37. The third-order valence-corrected chi connectivity index (χ3v) is 3.44. The van der Waals surface area contributed by atoms with E-state index >= 15 is 0 Å². The molecule has 4 heteroatoms. The maximum atomic E-state index is 9.37. The van der Waals surface area contributed by atoms with Gasteiger partial charge in [-0.15, -0.1) is 0 Å². The maximum absolute atomic E-state index is 9.37. The van der Waals surface area contributed by atoms with Crippen molar-refractivity contribution in [1.29, 1.82) is 0 Å². The largest absolute Gasteiger partial charge is 0.487 e. The lowest BCUT2D eigenvalue weighted by Gasteiger charge is -2.19. The summed E-state index contributed by atoms with van der Waals surface area (Å²) >= 11 is 0. The Hall–Kier alpha value is -1.91. The maximum Gasteiger partial charge on any atom is 0.130 e. The Morgan fingerprint density at radius 2 is 1.95 bits per heavy atom. The smallest absolute Gasteiger partial charge is 0.130 e. The number of hydrogen-bond donors (Lipinski definition) is 1. The van der Waals surface area contributed by atoms with E-state index in [1.807, 2.05) is 43.3 Å². The first kappa shape index (κ1) is 16.5. The molecule has 22 heavy (non-hydrogen) atoms. The number of aliphatic hydroxyl groups is 1. The SMILES string of the molecule is CC(O)CCN(C)Cc1ccccc1OCc1ccccn1. The second kappa shape index (κ2) is 8.51. The Labute approximate surface area is 132 Å². The van der Waals surface area contributed by atoms with Crippen LogP contribution in [0.2, 0.25) is 0 Å². The molecule has 0 spiro atoms. The van der Waals surface area contributed by atoms with Gasteiger partial charge in [-0.1, -0.05) is 24.3 Å². The summed E-state index contributed by atoms with van der Waals surface area (Å²) in [7, 11) is 2.05. The van der Waals surface area contributed by atoms with Gasteiger partial charge in [0.1, 0.15) is 12.4 Å². The molecule has 0 aliphatic carbocycles. The summed E-state index contributed by atoms with van der Waals surface area (Å²) in [5.74, 6) is 0.886. The predicted octanol–water partition coefficient (Wildman–Crippen LogP) is 2.86. The minimum absolute atomic E-state index is 0.266. The number of benzene rings is 1. The summed E-state index contributed by atoms with van der Waals surface area (Å²) in [6, 6.07) is 13.9. The van der Waals surface area contributed by atoms with Crippen LogP contribution >= 0.6 is 0 Å². The molecule has 4 nitrogen and oxygen atoms in total. The normalized spacial score (nSPS) is 12.4. The highest BCUT2D eigenvalue weighted by Crippen LogP contribution is 2.20. The number of pyridine rings is 1. The second-order valence-corrected chi connectivity index (χ2v) is 5.59. The highest BCUT2D eigenvalue weighted by atomic mass is 16.5. The van der Waals surface area contributed by atoms with E-state index < -0.39 is 0 Å². The lowest BCUT2D eigenvalue weighted by molar-refractivity contribution is 0.162. The average Bonchev–Trinajstić information content (AvgIpc) is 2.53. The topological polar surface area (TPSA) is 45.6 Å². The third kappa shape index (κ3) is 5.47. The van der Waals surface area contributed by atoms with Gasteiger partial charge < -0.3 is 14.7 Å². The summed E-state index contributed by atoms with van der Waals surface area (Å²) in [4.78, 5) is 6.46. The molecule has 0 aliphatic rings. The number of aromatic nitrogens is 1. The minimum Gasteiger partial charge on any atom is -0.487 e. The summed E-state index contributed by atoms with van der Waals surface area (Å²) in [6.45, 7) is 3.93. The van der Waals surface area contributed by atoms with Crippen molar-refractivity contribution < 1.29 is 9.84 Å². The van der Waals surface area contributed by atoms with Gasteiger partial charge in [0.2, 0.25) is 0 Å². The zero-order valence-electron chi connectivity index (χ0n) is 13.3. The molecule has 1 atom stereocenters. The van der Waals surface area contributed by atoms with E-state index in [4.69, 9.17) is 4.74 Å². The van der Waals surface area contributed by atoms with Crippen molar-refractivity contribution >= 4 is 0 Å². The van der Waals surface area contributed by atoms with Gasteiger partial charge in [0.15, 0.2) is 0 Å². The molecule has 1 unspecified atom stereocenters. The zero-order valence-corrected chi connectivity index (χ0v) is 13.3. The van der Waals surface area contributed by atoms with Crippen molar-refractivity contribution in [3.05, 3.63) is 59.9 Å². The van der Waals surface area contributed by atoms with Crippen molar-refractivity contribution in [3.8, 4) is 5.75 Å². The minimum atomic E-state index is -0.266. The number of nitrogens with zero attached hydrogens (tertiary/aromatic N) is 2. The first-order valence-electron chi connectivity index (χ1n) is 7.62. The first-order chi connectivity index (χ1) is 10.6. The molecule has 1 N–H and O–H groups in total. The van der Waals surface area contributed by atoms with Crippen molar-refractivity contribution in [2.45, 2.75) is 32.6 Å². The van der Waals surface area contributed by atoms with E-state index in [2.05, 4.69) is 23.0 Å².